The van der Waals surface area contributed by atoms with Crippen LogP contribution in [0.4, 0.5) is 10.1 Å². The molecule has 1 amide bonds. The molecule has 0 radical (unpaired) electrons. The summed E-state index contributed by atoms with van der Waals surface area (Å²) in [6.45, 7) is 0. The summed E-state index contributed by atoms with van der Waals surface area (Å²) >= 11 is 0. The van der Waals surface area contributed by atoms with Crippen LogP contribution in [0, 0.1) is 5.82 Å². The van der Waals surface area contributed by atoms with Crippen molar-refractivity contribution in [1.82, 2.24) is 9.38 Å². The van der Waals surface area contributed by atoms with E-state index in [1.54, 1.807) is 22.7 Å². The minimum absolute atomic E-state index is 0.0876. The van der Waals surface area contributed by atoms with Gasteiger partial charge < -0.3 is 15.2 Å². The summed E-state index contributed by atoms with van der Waals surface area (Å²) in [5, 5.41) is 13.0. The van der Waals surface area contributed by atoms with E-state index >= 15 is 0 Å². The van der Waals surface area contributed by atoms with Gasteiger partial charge in [0.05, 0.1) is 31.3 Å². The van der Waals surface area contributed by atoms with E-state index in [-0.39, 0.29) is 35.1 Å². The molecule has 0 bridgehead atoms. The van der Waals surface area contributed by atoms with Crippen molar-refractivity contribution in [2.45, 2.75) is 24.9 Å². The number of amides is 1. The topological polar surface area (TPSA) is 92.9 Å². The van der Waals surface area contributed by atoms with Gasteiger partial charge in [0.15, 0.2) is 5.78 Å². The Hall–Kier alpha value is -4.04. The number of fused-ring (bicyclic) bond motifs is 2. The number of Topliss-reactive ketones (excluding diaryl/α,β-unsaturated/α-hetero) is 1. The molecule has 2 heterocycles. The molecule has 1 aliphatic rings. The number of hydrogen-bond acceptors (Lipinski definition) is 5. The number of rotatable bonds is 6. The minimum Gasteiger partial charge on any atom is -0.495 e. The van der Waals surface area contributed by atoms with Crippen molar-refractivity contribution < 1.29 is 23.8 Å². The molecule has 34 heavy (non-hydrogen) atoms. The average Bonchev–Trinajstić information content (AvgIpc) is 3.40. The Morgan fingerprint density at radius 3 is 2.85 bits per heavy atom. The van der Waals surface area contributed by atoms with Gasteiger partial charge in [0.2, 0.25) is 0 Å². The van der Waals surface area contributed by atoms with Gasteiger partial charge in [0.25, 0.3) is 5.91 Å². The van der Waals surface area contributed by atoms with Crippen LogP contribution in [0.5, 0.6) is 5.75 Å². The smallest absolute Gasteiger partial charge is 0.274 e. The molecule has 8 heteroatoms. The van der Waals surface area contributed by atoms with Crippen LogP contribution in [0.3, 0.4) is 0 Å². The van der Waals surface area contributed by atoms with E-state index in [0.29, 0.717) is 17.8 Å². The van der Waals surface area contributed by atoms with Gasteiger partial charge in [0.1, 0.15) is 22.9 Å². The summed E-state index contributed by atoms with van der Waals surface area (Å²) in [5.41, 5.74) is 2.86. The molecule has 5 rings (SSSR count). The number of halogens is 1. The molecule has 0 aliphatic heterocycles. The first-order valence-electron chi connectivity index (χ1n) is 10.9. The van der Waals surface area contributed by atoms with E-state index in [1.165, 1.54) is 25.4 Å². The Balaban J connectivity index is 1.37. The first kappa shape index (κ1) is 21.8. The average molecular weight is 459 g/mol. The van der Waals surface area contributed by atoms with Gasteiger partial charge in [-0.2, -0.15) is 0 Å². The first-order valence-corrected chi connectivity index (χ1v) is 10.9. The SMILES string of the molecule is COc1ccc2ncc(C(=O)Nc3cc(C(=O)C[C@H]4c5ccccc5C[C@H]4O)ccc3F)n2c1. The summed E-state index contributed by atoms with van der Waals surface area (Å²) in [6.07, 6.45) is 2.94. The summed E-state index contributed by atoms with van der Waals surface area (Å²) < 4.78 is 21.3. The quantitative estimate of drug-likeness (QED) is 0.425. The summed E-state index contributed by atoms with van der Waals surface area (Å²) in [7, 11) is 1.51. The molecule has 0 unspecified atom stereocenters. The maximum absolute atomic E-state index is 14.5. The fraction of sp³-hybridized carbons (Fsp3) is 0.192. The number of benzene rings is 2. The third-order valence-corrected chi connectivity index (χ3v) is 6.24. The number of carbonyl (C=O) groups is 2. The molecule has 0 spiro atoms. The van der Waals surface area contributed by atoms with Crippen molar-refractivity contribution in [1.29, 1.82) is 0 Å². The molecular formula is C26H22FN3O4. The Morgan fingerprint density at radius 2 is 2.03 bits per heavy atom. The van der Waals surface area contributed by atoms with Gasteiger partial charge in [-0.1, -0.05) is 24.3 Å². The molecule has 7 nitrogen and oxygen atoms in total. The lowest BCUT2D eigenvalue weighted by molar-refractivity contribution is 0.0920. The second-order valence-corrected chi connectivity index (χ2v) is 8.29. The normalized spacial score (nSPS) is 16.9. The number of nitrogens with one attached hydrogen (secondary N) is 1. The predicted molar refractivity (Wildman–Crippen MR) is 124 cm³/mol. The van der Waals surface area contributed by atoms with Gasteiger partial charge >= 0.3 is 0 Å². The molecule has 0 saturated heterocycles. The lowest BCUT2D eigenvalue weighted by Crippen LogP contribution is -2.18. The van der Waals surface area contributed by atoms with Crippen molar-refractivity contribution >= 4 is 23.0 Å². The van der Waals surface area contributed by atoms with Gasteiger partial charge in [-0.05, 0) is 47.9 Å². The number of hydrogen-bond donors (Lipinski definition) is 2. The van der Waals surface area contributed by atoms with E-state index < -0.39 is 17.8 Å². The van der Waals surface area contributed by atoms with Crippen molar-refractivity contribution in [2.75, 3.05) is 12.4 Å². The molecule has 2 N–H and O–H groups in total. The van der Waals surface area contributed by atoms with Crippen molar-refractivity contribution in [2.24, 2.45) is 0 Å². The number of aliphatic hydroxyl groups is 1. The van der Waals surface area contributed by atoms with Crippen molar-refractivity contribution in [3.05, 3.63) is 95.2 Å². The molecule has 4 aromatic rings. The maximum Gasteiger partial charge on any atom is 0.274 e. The van der Waals surface area contributed by atoms with Gasteiger partial charge in [0, 0.05) is 17.9 Å². The Kier molecular flexibility index (Phi) is 5.59. The summed E-state index contributed by atoms with van der Waals surface area (Å²) in [4.78, 5) is 30.1. The number of methoxy groups -OCH3 is 1. The van der Waals surface area contributed by atoms with Crippen LogP contribution < -0.4 is 10.1 Å². The van der Waals surface area contributed by atoms with E-state index in [9.17, 15) is 19.1 Å². The van der Waals surface area contributed by atoms with E-state index in [0.717, 1.165) is 17.2 Å². The lowest BCUT2D eigenvalue weighted by Gasteiger charge is -2.15. The zero-order chi connectivity index (χ0) is 23.8. The standard InChI is InChI=1S/C26H22FN3O4/c1-34-17-7-9-25-28-13-22(30(25)14-17)26(33)29-21-10-16(6-8-20(21)27)23(31)12-19-18-5-3-2-4-15(18)11-24(19)32/h2-10,13-14,19,24,32H,11-12H2,1H3,(H,29,33)/t19-,24+/m0/s1. The highest BCUT2D eigenvalue weighted by molar-refractivity contribution is 6.05. The van der Waals surface area contributed by atoms with Crippen LogP contribution in [-0.2, 0) is 6.42 Å². The van der Waals surface area contributed by atoms with Crippen LogP contribution in [0.25, 0.3) is 5.65 Å². The highest BCUT2D eigenvalue weighted by Gasteiger charge is 2.32. The summed E-state index contributed by atoms with van der Waals surface area (Å²) in [5.74, 6) is -1.27. The van der Waals surface area contributed by atoms with Crippen LogP contribution >= 0.6 is 0 Å². The molecule has 0 fully saturated rings. The number of imidazole rings is 1. The number of carbonyl (C=O) groups excluding carboxylic acids is 2. The lowest BCUT2D eigenvalue weighted by atomic mass is 9.91. The number of pyridine rings is 1. The Labute approximate surface area is 194 Å². The molecular weight excluding hydrogens is 437 g/mol. The van der Waals surface area contributed by atoms with E-state index in [1.807, 2.05) is 24.3 Å². The van der Waals surface area contributed by atoms with Crippen LogP contribution in [0.1, 0.15) is 44.3 Å². The number of anilines is 1. The number of nitrogens with zero attached hydrogens (tertiary/aromatic N) is 2. The minimum atomic E-state index is -0.664. The third kappa shape index (κ3) is 3.92. The van der Waals surface area contributed by atoms with Gasteiger partial charge in [-0.3, -0.25) is 14.0 Å². The molecule has 0 saturated carbocycles. The molecule has 2 aromatic carbocycles. The number of ketones is 1. The molecule has 172 valence electrons. The highest BCUT2D eigenvalue weighted by Crippen LogP contribution is 2.36. The Bertz CT molecular complexity index is 1410. The van der Waals surface area contributed by atoms with E-state index in [2.05, 4.69) is 10.3 Å². The number of aromatic nitrogens is 2. The molecule has 2 atom stereocenters. The van der Waals surface area contributed by atoms with Crippen molar-refractivity contribution in [3.63, 3.8) is 0 Å². The summed E-state index contributed by atoms with van der Waals surface area (Å²) in [6, 6.07) is 14.9. The molecule has 2 aromatic heterocycles. The fourth-order valence-electron chi connectivity index (χ4n) is 4.45. The van der Waals surface area contributed by atoms with Crippen LogP contribution in [0.15, 0.2) is 67.0 Å². The number of ether oxygens (including phenoxy) is 1. The predicted octanol–water partition coefficient (Wildman–Crippen LogP) is 4.01. The van der Waals surface area contributed by atoms with Crippen molar-refractivity contribution in [3.8, 4) is 5.75 Å². The van der Waals surface area contributed by atoms with Gasteiger partial charge in [-0.15, -0.1) is 0 Å². The second-order valence-electron chi connectivity index (χ2n) is 8.29. The van der Waals surface area contributed by atoms with Gasteiger partial charge in [-0.25, -0.2) is 9.37 Å². The third-order valence-electron chi connectivity index (χ3n) is 6.24. The van der Waals surface area contributed by atoms with Crippen LogP contribution in [0.2, 0.25) is 0 Å². The largest absolute Gasteiger partial charge is 0.495 e. The zero-order valence-electron chi connectivity index (χ0n) is 18.4. The van der Waals surface area contributed by atoms with Crippen LogP contribution in [-0.4, -0.2) is 39.4 Å². The zero-order valence-corrected chi connectivity index (χ0v) is 18.4. The van der Waals surface area contributed by atoms with E-state index in [4.69, 9.17) is 4.74 Å². The molecule has 1 aliphatic carbocycles. The number of aliphatic hydroxyl groups excluding tert-OH is 1. The second kappa shape index (κ2) is 8.72. The highest BCUT2D eigenvalue weighted by atomic mass is 19.1. The Morgan fingerprint density at radius 1 is 1.21 bits per heavy atom. The fourth-order valence-corrected chi connectivity index (χ4v) is 4.45. The maximum atomic E-state index is 14.5. The first-order chi connectivity index (χ1) is 16.4. The monoisotopic (exact) mass is 459 g/mol.